The zero-order valence-electron chi connectivity index (χ0n) is 16.4. The number of unbranched alkanes of at least 4 members (excludes halogenated alkanes) is 1. The van der Waals surface area contributed by atoms with Crippen LogP contribution in [0.25, 0.3) is 10.9 Å². The van der Waals surface area contributed by atoms with Gasteiger partial charge >= 0.3 is 12.3 Å². The molecule has 1 aromatic carbocycles. The summed E-state index contributed by atoms with van der Waals surface area (Å²) in [6.45, 7) is 6.18. The van der Waals surface area contributed by atoms with Crippen LogP contribution >= 0.6 is 12.2 Å². The van der Waals surface area contributed by atoms with Crippen LogP contribution in [-0.2, 0) is 17.5 Å². The highest BCUT2D eigenvalue weighted by molar-refractivity contribution is 7.80. The van der Waals surface area contributed by atoms with Crippen molar-refractivity contribution in [2.45, 2.75) is 51.9 Å². The van der Waals surface area contributed by atoms with Crippen LogP contribution in [0.1, 0.15) is 39.2 Å². The van der Waals surface area contributed by atoms with Gasteiger partial charge in [-0.3, -0.25) is 4.68 Å². The summed E-state index contributed by atoms with van der Waals surface area (Å²) in [5.74, 6) is 0.172. The monoisotopic (exact) mass is 431 g/mol. The van der Waals surface area contributed by atoms with Crippen LogP contribution in [0, 0.1) is 0 Å². The number of nitrogens with zero attached hydrogens (tertiary/aromatic N) is 2. The Morgan fingerprint density at radius 3 is 2.55 bits per heavy atom. The number of ether oxygens (including phenoxy) is 1. The summed E-state index contributed by atoms with van der Waals surface area (Å²) in [6.07, 6.45) is -3.69. The number of halogens is 3. The minimum atomic E-state index is -4.47. The average Bonchev–Trinajstić information content (AvgIpc) is 2.88. The number of rotatable bonds is 6. The van der Waals surface area contributed by atoms with Gasteiger partial charge in [0.1, 0.15) is 5.60 Å². The second kappa shape index (κ2) is 8.85. The van der Waals surface area contributed by atoms with E-state index in [2.05, 4.69) is 15.7 Å². The first-order valence-electron chi connectivity index (χ1n) is 8.98. The van der Waals surface area contributed by atoms with Crippen molar-refractivity contribution >= 4 is 40.1 Å². The SMILES string of the molecule is CC(C)(C)OC(=O)NCCCCn1nc(NC(N)=S)c2cc(C(F)(F)F)ccc21. The van der Waals surface area contributed by atoms with E-state index in [0.29, 0.717) is 31.4 Å². The van der Waals surface area contributed by atoms with Crippen LogP contribution in [0.5, 0.6) is 0 Å². The van der Waals surface area contributed by atoms with Crippen LogP contribution in [0.3, 0.4) is 0 Å². The molecule has 0 bridgehead atoms. The van der Waals surface area contributed by atoms with Gasteiger partial charge in [0.15, 0.2) is 10.9 Å². The fourth-order valence-electron chi connectivity index (χ4n) is 2.63. The molecule has 0 fully saturated rings. The first kappa shape index (κ1) is 22.7. The van der Waals surface area contributed by atoms with E-state index in [1.54, 1.807) is 25.5 Å². The molecule has 2 rings (SSSR count). The van der Waals surface area contributed by atoms with Crippen molar-refractivity contribution in [2.75, 3.05) is 11.9 Å². The maximum atomic E-state index is 13.0. The molecule has 1 amide bonds. The summed E-state index contributed by atoms with van der Waals surface area (Å²) in [5.41, 5.74) is 4.63. The number of hydrogen-bond acceptors (Lipinski definition) is 4. The average molecular weight is 431 g/mol. The number of fused-ring (bicyclic) bond motifs is 1. The maximum absolute atomic E-state index is 13.0. The van der Waals surface area contributed by atoms with Gasteiger partial charge in [0.2, 0.25) is 0 Å². The standard InChI is InChI=1S/C18H24F3N5O2S/c1-17(2,3)28-16(27)23-8-4-5-9-26-13-7-6-11(18(19,20)21)10-12(13)14(25-26)24-15(22)29/h6-7,10H,4-5,8-9H2,1-3H3,(H,23,27)(H3,22,24,25,29). The van der Waals surface area contributed by atoms with Crippen LogP contribution in [0.4, 0.5) is 23.8 Å². The number of amides is 1. The fourth-order valence-corrected chi connectivity index (χ4v) is 2.72. The smallest absolute Gasteiger partial charge is 0.416 e. The number of alkyl halides is 3. The molecule has 4 N–H and O–H groups in total. The molecular weight excluding hydrogens is 407 g/mol. The highest BCUT2D eigenvalue weighted by Gasteiger charge is 2.31. The van der Waals surface area contributed by atoms with E-state index >= 15 is 0 Å². The molecule has 29 heavy (non-hydrogen) atoms. The third kappa shape index (κ3) is 6.77. The lowest BCUT2D eigenvalue weighted by Crippen LogP contribution is -2.33. The van der Waals surface area contributed by atoms with E-state index in [9.17, 15) is 18.0 Å². The van der Waals surface area contributed by atoms with Gasteiger partial charge in [-0.05, 0) is 64.0 Å². The van der Waals surface area contributed by atoms with Crippen molar-refractivity contribution < 1.29 is 22.7 Å². The predicted molar refractivity (Wildman–Crippen MR) is 109 cm³/mol. The summed E-state index contributed by atoms with van der Waals surface area (Å²) < 4.78 is 45.8. The maximum Gasteiger partial charge on any atom is 0.416 e. The number of nitrogens with one attached hydrogen (secondary N) is 2. The molecule has 0 aliphatic rings. The lowest BCUT2D eigenvalue weighted by molar-refractivity contribution is -0.137. The van der Waals surface area contributed by atoms with Gasteiger partial charge in [0.05, 0.1) is 11.1 Å². The lowest BCUT2D eigenvalue weighted by Gasteiger charge is -2.19. The molecule has 0 aliphatic heterocycles. The number of hydrogen-bond donors (Lipinski definition) is 3. The molecule has 11 heteroatoms. The van der Waals surface area contributed by atoms with Crippen LogP contribution < -0.4 is 16.4 Å². The van der Waals surface area contributed by atoms with Gasteiger partial charge in [-0.25, -0.2) is 4.79 Å². The van der Waals surface area contributed by atoms with Crippen molar-refractivity contribution in [3.05, 3.63) is 23.8 Å². The molecule has 1 aromatic heterocycles. The number of thiocarbonyl (C=S) groups is 1. The fraction of sp³-hybridized carbons (Fsp3) is 0.500. The first-order chi connectivity index (χ1) is 13.4. The quantitative estimate of drug-likeness (QED) is 0.473. The molecule has 0 spiro atoms. The molecule has 0 saturated carbocycles. The number of carbonyl (C=O) groups is 1. The zero-order valence-corrected chi connectivity index (χ0v) is 17.2. The minimum absolute atomic E-state index is 0.0875. The number of anilines is 1. The van der Waals surface area contributed by atoms with E-state index in [1.165, 1.54) is 6.07 Å². The summed E-state index contributed by atoms with van der Waals surface area (Å²) >= 11 is 4.78. The van der Waals surface area contributed by atoms with E-state index < -0.39 is 23.4 Å². The molecule has 1 heterocycles. The van der Waals surface area contributed by atoms with Crippen molar-refractivity contribution in [3.8, 4) is 0 Å². The molecule has 0 saturated heterocycles. The third-order valence-corrected chi connectivity index (χ3v) is 3.89. The van der Waals surface area contributed by atoms with Crippen molar-refractivity contribution in [3.63, 3.8) is 0 Å². The highest BCUT2D eigenvalue weighted by Crippen LogP contribution is 2.33. The van der Waals surface area contributed by atoms with Gasteiger partial charge in [-0.1, -0.05) is 0 Å². The Hall–Kier alpha value is -2.56. The van der Waals surface area contributed by atoms with Crippen molar-refractivity contribution in [1.82, 2.24) is 15.1 Å². The molecule has 7 nitrogen and oxygen atoms in total. The Bertz CT molecular complexity index is 890. The Labute approximate surface area is 171 Å². The number of aromatic nitrogens is 2. The second-order valence-electron chi connectivity index (χ2n) is 7.43. The van der Waals surface area contributed by atoms with Gasteiger partial charge in [0.25, 0.3) is 0 Å². The molecule has 2 aromatic rings. The largest absolute Gasteiger partial charge is 0.444 e. The van der Waals surface area contributed by atoms with Crippen molar-refractivity contribution in [1.29, 1.82) is 0 Å². The van der Waals surface area contributed by atoms with E-state index in [1.807, 2.05) is 0 Å². The second-order valence-corrected chi connectivity index (χ2v) is 7.87. The normalized spacial score (nSPS) is 12.1. The summed E-state index contributed by atoms with van der Waals surface area (Å²) in [4.78, 5) is 11.6. The van der Waals surface area contributed by atoms with Gasteiger partial charge in [-0.2, -0.15) is 18.3 Å². The van der Waals surface area contributed by atoms with Crippen LogP contribution in [0.15, 0.2) is 18.2 Å². The van der Waals surface area contributed by atoms with E-state index in [0.717, 1.165) is 12.1 Å². The molecular formula is C18H24F3N5O2S. The molecule has 0 aliphatic carbocycles. The van der Waals surface area contributed by atoms with Gasteiger partial charge < -0.3 is 21.1 Å². The van der Waals surface area contributed by atoms with Gasteiger partial charge in [-0.15, -0.1) is 0 Å². The summed E-state index contributed by atoms with van der Waals surface area (Å²) in [6, 6.07) is 3.40. The molecule has 0 atom stereocenters. The Balaban J connectivity index is 2.05. The predicted octanol–water partition coefficient (Wildman–Crippen LogP) is 4.02. The van der Waals surface area contributed by atoms with Crippen LogP contribution in [-0.4, -0.2) is 33.1 Å². The number of carbonyl (C=O) groups excluding carboxylic acids is 1. The topological polar surface area (TPSA) is 94.2 Å². The number of nitrogens with two attached hydrogens (primary N) is 1. The summed E-state index contributed by atoms with van der Waals surface area (Å²) in [7, 11) is 0. The number of alkyl carbamates (subject to hydrolysis) is 1. The number of benzene rings is 1. The molecule has 0 radical (unpaired) electrons. The summed E-state index contributed by atoms with van der Waals surface area (Å²) in [5, 5.41) is 9.76. The molecule has 0 unspecified atom stereocenters. The lowest BCUT2D eigenvalue weighted by atomic mass is 10.1. The Morgan fingerprint density at radius 2 is 1.97 bits per heavy atom. The number of aryl methyl sites for hydroxylation is 1. The zero-order chi connectivity index (χ0) is 21.8. The Morgan fingerprint density at radius 1 is 1.28 bits per heavy atom. The van der Waals surface area contributed by atoms with Gasteiger partial charge in [0, 0.05) is 18.5 Å². The highest BCUT2D eigenvalue weighted by atomic mass is 32.1. The third-order valence-electron chi connectivity index (χ3n) is 3.78. The van der Waals surface area contributed by atoms with Crippen molar-refractivity contribution in [2.24, 2.45) is 5.73 Å². The minimum Gasteiger partial charge on any atom is -0.444 e. The van der Waals surface area contributed by atoms with Crippen LogP contribution in [0.2, 0.25) is 0 Å². The molecule has 160 valence electrons. The van der Waals surface area contributed by atoms with E-state index in [-0.39, 0.29) is 16.3 Å². The first-order valence-corrected chi connectivity index (χ1v) is 9.39. The van der Waals surface area contributed by atoms with E-state index in [4.69, 9.17) is 22.7 Å². The Kier molecular flexibility index (Phi) is 6.93.